The number of rotatable bonds is 8. The molecule has 4 aromatic rings. The summed E-state index contributed by atoms with van der Waals surface area (Å²) in [4.78, 5) is 30.3. The molecule has 0 spiro atoms. The summed E-state index contributed by atoms with van der Waals surface area (Å²) >= 11 is 3.43. The highest BCUT2D eigenvalue weighted by molar-refractivity contribution is 9.10. The highest BCUT2D eigenvalue weighted by Gasteiger charge is 2.15. The van der Waals surface area contributed by atoms with Crippen molar-refractivity contribution in [3.05, 3.63) is 98.5 Å². The minimum Gasteiger partial charge on any atom is -0.484 e. The topological polar surface area (TPSA) is 85.6 Å². The smallest absolute Gasteiger partial charge is 0.282 e. The van der Waals surface area contributed by atoms with Crippen LogP contribution in [0.15, 0.2) is 81.1 Å². The molecule has 0 aliphatic carbocycles. The van der Waals surface area contributed by atoms with Crippen molar-refractivity contribution in [1.29, 1.82) is 0 Å². The quantitative estimate of drug-likeness (QED) is 0.279. The summed E-state index contributed by atoms with van der Waals surface area (Å²) in [6, 6.07) is 20.2. The fourth-order valence-corrected chi connectivity index (χ4v) is 3.93. The first-order chi connectivity index (χ1) is 17.3. The summed E-state index contributed by atoms with van der Waals surface area (Å²) in [5.41, 5.74) is 2.97. The Morgan fingerprint density at radius 3 is 2.69 bits per heavy atom. The van der Waals surface area contributed by atoms with E-state index in [0.717, 1.165) is 22.0 Å². The number of hydrogen-bond donors (Lipinski definition) is 1. The lowest BCUT2D eigenvalue weighted by Crippen LogP contribution is -2.23. The minimum absolute atomic E-state index is 0.0459. The minimum atomic E-state index is -0.254. The van der Waals surface area contributed by atoms with Gasteiger partial charge in [-0.2, -0.15) is 9.78 Å². The molecule has 1 heterocycles. The zero-order valence-corrected chi connectivity index (χ0v) is 22.0. The Labute approximate surface area is 218 Å². The number of amides is 1. The fraction of sp³-hybridized carbons (Fsp3) is 0.214. The van der Waals surface area contributed by atoms with Crippen LogP contribution < -0.4 is 15.6 Å². The molecule has 0 saturated heterocycles. The van der Waals surface area contributed by atoms with Crippen molar-refractivity contribution >= 4 is 44.6 Å². The predicted molar refractivity (Wildman–Crippen MR) is 147 cm³/mol. The Hall–Kier alpha value is -3.78. The second kappa shape index (κ2) is 11.3. The number of anilines is 1. The van der Waals surface area contributed by atoms with Crippen molar-refractivity contribution < 1.29 is 9.53 Å². The van der Waals surface area contributed by atoms with E-state index < -0.39 is 0 Å². The van der Waals surface area contributed by atoms with Gasteiger partial charge in [-0.25, -0.2) is 4.98 Å². The second-order valence-electron chi connectivity index (χ2n) is 8.58. The van der Waals surface area contributed by atoms with E-state index in [9.17, 15) is 9.59 Å². The lowest BCUT2D eigenvalue weighted by atomic mass is 10.1. The van der Waals surface area contributed by atoms with Gasteiger partial charge < -0.3 is 10.1 Å². The van der Waals surface area contributed by atoms with E-state index in [1.165, 1.54) is 4.68 Å². The number of hydrogen-bond acceptors (Lipinski definition) is 5. The van der Waals surface area contributed by atoms with Crippen LogP contribution in [0.4, 0.5) is 5.69 Å². The Bertz CT molecular complexity index is 1480. The van der Waals surface area contributed by atoms with E-state index >= 15 is 0 Å². The third-order valence-electron chi connectivity index (χ3n) is 5.77. The normalized spacial score (nSPS) is 12.1. The third-order valence-corrected chi connectivity index (χ3v) is 6.27. The number of aryl methyl sites for hydroxylation is 1. The highest BCUT2D eigenvalue weighted by Crippen LogP contribution is 2.21. The van der Waals surface area contributed by atoms with E-state index in [0.29, 0.717) is 28.2 Å². The Morgan fingerprint density at radius 2 is 1.94 bits per heavy atom. The van der Waals surface area contributed by atoms with Gasteiger partial charge in [-0.15, -0.1) is 0 Å². The van der Waals surface area contributed by atoms with Gasteiger partial charge in [0.05, 0.1) is 17.1 Å². The number of benzene rings is 3. The summed E-state index contributed by atoms with van der Waals surface area (Å²) in [5.74, 6) is 0.919. The van der Waals surface area contributed by atoms with Crippen LogP contribution in [0.3, 0.4) is 0 Å². The Morgan fingerprint density at radius 1 is 1.17 bits per heavy atom. The average Bonchev–Trinajstić information content (AvgIpc) is 2.88. The Kier molecular flexibility index (Phi) is 7.95. The monoisotopic (exact) mass is 546 g/mol. The van der Waals surface area contributed by atoms with Crippen molar-refractivity contribution in [2.75, 3.05) is 11.9 Å². The van der Waals surface area contributed by atoms with Crippen molar-refractivity contribution in [3.8, 4) is 5.75 Å². The molecular weight excluding hydrogens is 520 g/mol. The second-order valence-corrected chi connectivity index (χ2v) is 9.49. The summed E-state index contributed by atoms with van der Waals surface area (Å²) in [7, 11) is 0. The van der Waals surface area contributed by atoms with E-state index in [2.05, 4.69) is 26.3 Å². The number of ether oxygens (including phenoxy) is 1. The highest BCUT2D eigenvalue weighted by atomic mass is 79.9. The van der Waals surface area contributed by atoms with Gasteiger partial charge in [-0.3, -0.25) is 9.59 Å². The van der Waals surface area contributed by atoms with Gasteiger partial charge in [-0.05, 0) is 61.4 Å². The first-order valence-electron chi connectivity index (χ1n) is 11.7. The van der Waals surface area contributed by atoms with Gasteiger partial charge in [0.25, 0.3) is 11.5 Å². The maximum absolute atomic E-state index is 13.3. The maximum Gasteiger partial charge on any atom is 0.282 e. The van der Waals surface area contributed by atoms with E-state index in [1.807, 2.05) is 69.3 Å². The van der Waals surface area contributed by atoms with Crippen molar-refractivity contribution in [2.24, 2.45) is 5.10 Å². The van der Waals surface area contributed by atoms with E-state index in [1.54, 1.807) is 24.4 Å². The van der Waals surface area contributed by atoms with Crippen molar-refractivity contribution in [2.45, 2.75) is 33.1 Å². The molecule has 0 aliphatic heterocycles. The molecule has 1 N–H and O–H groups in total. The summed E-state index contributed by atoms with van der Waals surface area (Å²) in [5, 5.41) is 7.79. The molecule has 8 heteroatoms. The summed E-state index contributed by atoms with van der Waals surface area (Å²) < 4.78 is 7.84. The zero-order valence-electron chi connectivity index (χ0n) is 20.4. The van der Waals surface area contributed by atoms with Crippen LogP contribution in [0.2, 0.25) is 0 Å². The Balaban J connectivity index is 1.53. The number of carbonyl (C=O) groups is 1. The van der Waals surface area contributed by atoms with Crippen molar-refractivity contribution in [3.63, 3.8) is 0 Å². The molecule has 1 aromatic heterocycles. The molecule has 3 aromatic carbocycles. The van der Waals surface area contributed by atoms with Crippen LogP contribution in [-0.4, -0.2) is 28.4 Å². The molecule has 184 valence electrons. The number of fused-ring (bicyclic) bond motifs is 1. The van der Waals surface area contributed by atoms with Crippen LogP contribution in [0.1, 0.15) is 43.1 Å². The van der Waals surface area contributed by atoms with Crippen LogP contribution in [0, 0.1) is 6.92 Å². The van der Waals surface area contributed by atoms with Crippen LogP contribution in [0.5, 0.6) is 5.75 Å². The molecule has 7 nitrogen and oxygen atoms in total. The molecule has 0 radical (unpaired) electrons. The van der Waals surface area contributed by atoms with E-state index in [-0.39, 0.29) is 24.0 Å². The number of nitrogens with zero attached hydrogens (tertiary/aromatic N) is 3. The van der Waals surface area contributed by atoms with Crippen molar-refractivity contribution in [1.82, 2.24) is 9.66 Å². The molecule has 36 heavy (non-hydrogen) atoms. The first-order valence-corrected chi connectivity index (χ1v) is 12.5. The van der Waals surface area contributed by atoms with E-state index in [4.69, 9.17) is 9.72 Å². The van der Waals surface area contributed by atoms with Gasteiger partial charge in [0.15, 0.2) is 6.61 Å². The first kappa shape index (κ1) is 25.3. The van der Waals surface area contributed by atoms with Gasteiger partial charge in [0, 0.05) is 16.1 Å². The molecule has 1 amide bonds. The SMILES string of the molecule is CC[C@@H](C)c1nc2ccc(Br)cc2c(=O)n1N=Cc1cccc(OCC(=O)Nc2ccc(C)cc2)c1. The van der Waals surface area contributed by atoms with Gasteiger partial charge in [0.1, 0.15) is 11.6 Å². The summed E-state index contributed by atoms with van der Waals surface area (Å²) in [6.45, 7) is 5.93. The lowest BCUT2D eigenvalue weighted by molar-refractivity contribution is -0.118. The standard InChI is InChI=1S/C28H27BrN4O3/c1-4-19(3)27-32-25-13-10-21(29)15-24(25)28(35)33(27)30-16-20-6-5-7-23(14-20)36-17-26(34)31-22-11-8-18(2)9-12-22/h5-16,19H,4,17H2,1-3H3,(H,31,34)/t19-/m1/s1. The molecule has 0 unspecified atom stereocenters. The average molecular weight is 547 g/mol. The van der Waals surface area contributed by atoms with Gasteiger partial charge >= 0.3 is 0 Å². The number of halogens is 1. The molecule has 0 aliphatic rings. The molecule has 4 rings (SSSR count). The van der Waals surface area contributed by atoms with Crippen LogP contribution >= 0.6 is 15.9 Å². The lowest BCUT2D eigenvalue weighted by Gasteiger charge is -2.14. The summed E-state index contributed by atoms with van der Waals surface area (Å²) in [6.07, 6.45) is 2.41. The van der Waals surface area contributed by atoms with Crippen LogP contribution in [-0.2, 0) is 4.79 Å². The zero-order chi connectivity index (χ0) is 25.7. The largest absolute Gasteiger partial charge is 0.484 e. The van der Waals surface area contributed by atoms with Crippen LogP contribution in [0.25, 0.3) is 10.9 Å². The van der Waals surface area contributed by atoms with Gasteiger partial charge in [0.2, 0.25) is 0 Å². The molecule has 1 atom stereocenters. The predicted octanol–water partition coefficient (Wildman–Crippen LogP) is 5.88. The molecule has 0 bridgehead atoms. The number of nitrogens with one attached hydrogen (secondary N) is 1. The molecule has 0 fully saturated rings. The fourth-order valence-electron chi connectivity index (χ4n) is 3.57. The maximum atomic E-state index is 13.3. The number of carbonyl (C=O) groups excluding carboxylic acids is 1. The molecule has 0 saturated carbocycles. The van der Waals surface area contributed by atoms with Gasteiger partial charge in [-0.1, -0.05) is 59.6 Å². The third kappa shape index (κ3) is 6.07. The number of aromatic nitrogens is 2. The molecular formula is C28H27BrN4O3.